The van der Waals surface area contributed by atoms with Crippen molar-refractivity contribution in [1.29, 1.82) is 0 Å². The third-order valence-corrected chi connectivity index (χ3v) is 3.09. The molecule has 0 spiro atoms. The van der Waals surface area contributed by atoms with Gasteiger partial charge in [-0.05, 0) is 37.5 Å². The van der Waals surface area contributed by atoms with E-state index < -0.39 is 0 Å². The molecule has 0 bridgehead atoms. The second-order valence-corrected chi connectivity index (χ2v) is 4.89. The number of hydrogen-bond acceptors (Lipinski definition) is 2. The Morgan fingerprint density at radius 3 is 2.67 bits per heavy atom. The predicted molar refractivity (Wildman–Crippen MR) is 75.4 cm³/mol. The van der Waals surface area contributed by atoms with Crippen molar-refractivity contribution in [2.24, 2.45) is 0 Å². The molecule has 0 aliphatic rings. The molecular formula is C16H20N2. The number of rotatable bonds is 4. The second kappa shape index (κ2) is 5.78. The van der Waals surface area contributed by atoms with E-state index in [1.165, 1.54) is 22.3 Å². The Kier molecular flexibility index (Phi) is 4.11. The number of hydrogen-bond donors (Lipinski definition) is 1. The van der Waals surface area contributed by atoms with E-state index in [0.717, 1.165) is 6.54 Å². The molecule has 18 heavy (non-hydrogen) atoms. The largest absolute Gasteiger partial charge is 0.306 e. The lowest BCUT2D eigenvalue weighted by molar-refractivity contribution is 0.573. The maximum Gasteiger partial charge on any atom is 0.0313 e. The lowest BCUT2D eigenvalue weighted by atomic mass is 10.1. The van der Waals surface area contributed by atoms with Crippen molar-refractivity contribution in [3.8, 4) is 0 Å². The summed E-state index contributed by atoms with van der Waals surface area (Å²) in [5.41, 5.74) is 5.07. The first-order chi connectivity index (χ1) is 8.65. The third-order valence-electron chi connectivity index (χ3n) is 3.09. The Balaban J connectivity index is 1.98. The van der Waals surface area contributed by atoms with Gasteiger partial charge in [0.2, 0.25) is 0 Å². The van der Waals surface area contributed by atoms with Gasteiger partial charge < -0.3 is 5.32 Å². The van der Waals surface area contributed by atoms with Crippen LogP contribution in [0.1, 0.15) is 35.2 Å². The summed E-state index contributed by atoms with van der Waals surface area (Å²) in [7, 11) is 0. The summed E-state index contributed by atoms with van der Waals surface area (Å²) in [5, 5.41) is 3.53. The molecule has 1 atom stereocenters. The minimum absolute atomic E-state index is 0.352. The number of nitrogens with zero attached hydrogens (tertiary/aromatic N) is 1. The summed E-state index contributed by atoms with van der Waals surface area (Å²) in [6, 6.07) is 11.1. The molecule has 0 radical (unpaired) electrons. The molecule has 2 rings (SSSR count). The number of benzene rings is 1. The maximum absolute atomic E-state index is 4.21. The maximum atomic E-state index is 4.21. The van der Waals surface area contributed by atoms with Crippen molar-refractivity contribution in [1.82, 2.24) is 10.3 Å². The van der Waals surface area contributed by atoms with Crippen molar-refractivity contribution in [2.45, 2.75) is 33.4 Å². The highest BCUT2D eigenvalue weighted by Gasteiger charge is 2.04. The van der Waals surface area contributed by atoms with Gasteiger partial charge >= 0.3 is 0 Å². The van der Waals surface area contributed by atoms with Crippen LogP contribution in [0.3, 0.4) is 0 Å². The first-order valence-electron chi connectivity index (χ1n) is 6.35. The van der Waals surface area contributed by atoms with E-state index in [1.807, 2.05) is 12.4 Å². The summed E-state index contributed by atoms with van der Waals surface area (Å²) in [4.78, 5) is 4.21. The lowest BCUT2D eigenvalue weighted by Crippen LogP contribution is -2.18. The Bertz CT molecular complexity index is 520. The monoisotopic (exact) mass is 240 g/mol. The zero-order chi connectivity index (χ0) is 13.0. The van der Waals surface area contributed by atoms with Gasteiger partial charge in [0.25, 0.3) is 0 Å². The van der Waals surface area contributed by atoms with Gasteiger partial charge in [0, 0.05) is 25.0 Å². The minimum Gasteiger partial charge on any atom is -0.306 e. The van der Waals surface area contributed by atoms with E-state index >= 15 is 0 Å². The average Bonchev–Trinajstić information content (AvgIpc) is 2.36. The van der Waals surface area contributed by atoms with Gasteiger partial charge in [0.15, 0.2) is 0 Å². The lowest BCUT2D eigenvalue weighted by Gasteiger charge is -2.15. The summed E-state index contributed by atoms with van der Waals surface area (Å²) in [5.74, 6) is 0. The molecule has 1 aromatic carbocycles. The number of nitrogens with one attached hydrogen (secondary N) is 1. The summed E-state index contributed by atoms with van der Waals surface area (Å²) < 4.78 is 0. The van der Waals surface area contributed by atoms with Gasteiger partial charge in [0.05, 0.1) is 0 Å². The van der Waals surface area contributed by atoms with E-state index in [-0.39, 0.29) is 0 Å². The molecule has 0 amide bonds. The van der Waals surface area contributed by atoms with Crippen LogP contribution in [0.15, 0.2) is 42.7 Å². The molecule has 1 N–H and O–H groups in total. The highest BCUT2D eigenvalue weighted by molar-refractivity contribution is 5.25. The van der Waals surface area contributed by atoms with Gasteiger partial charge in [-0.1, -0.05) is 35.9 Å². The molecule has 0 aliphatic heterocycles. The molecule has 0 fully saturated rings. The van der Waals surface area contributed by atoms with Gasteiger partial charge in [-0.15, -0.1) is 0 Å². The summed E-state index contributed by atoms with van der Waals surface area (Å²) in [6.07, 6.45) is 3.80. The average molecular weight is 240 g/mol. The Morgan fingerprint density at radius 2 is 1.94 bits per heavy atom. The van der Waals surface area contributed by atoms with Crippen LogP contribution in [-0.2, 0) is 6.54 Å². The van der Waals surface area contributed by atoms with Gasteiger partial charge in [0.1, 0.15) is 0 Å². The normalized spacial score (nSPS) is 12.4. The summed E-state index contributed by atoms with van der Waals surface area (Å²) in [6.45, 7) is 7.24. The Labute approximate surface area is 109 Å². The van der Waals surface area contributed by atoms with Crippen molar-refractivity contribution in [3.05, 3.63) is 65.0 Å². The van der Waals surface area contributed by atoms with E-state index in [2.05, 4.69) is 61.4 Å². The molecular weight excluding hydrogens is 220 g/mol. The second-order valence-electron chi connectivity index (χ2n) is 4.89. The van der Waals surface area contributed by atoms with Crippen molar-refractivity contribution in [2.75, 3.05) is 0 Å². The first kappa shape index (κ1) is 12.8. The van der Waals surface area contributed by atoms with Crippen LogP contribution >= 0.6 is 0 Å². The Hall–Kier alpha value is -1.67. The molecule has 2 nitrogen and oxygen atoms in total. The summed E-state index contributed by atoms with van der Waals surface area (Å²) >= 11 is 0. The van der Waals surface area contributed by atoms with E-state index in [9.17, 15) is 0 Å². The molecule has 2 aromatic rings. The first-order valence-corrected chi connectivity index (χ1v) is 6.35. The standard InChI is InChI=1S/C16H20N2/c1-12-5-4-6-16(8-12)14(3)18-11-15-7-13(2)9-17-10-15/h4-10,14,18H,11H2,1-3H3/t14-/m0/s1. The van der Waals surface area contributed by atoms with Gasteiger partial charge in [-0.25, -0.2) is 0 Å². The van der Waals surface area contributed by atoms with E-state index in [4.69, 9.17) is 0 Å². The van der Waals surface area contributed by atoms with E-state index in [0.29, 0.717) is 6.04 Å². The molecule has 94 valence electrons. The molecule has 1 heterocycles. The fourth-order valence-electron chi connectivity index (χ4n) is 2.04. The molecule has 0 saturated carbocycles. The van der Waals surface area contributed by atoms with Crippen LogP contribution in [0.2, 0.25) is 0 Å². The van der Waals surface area contributed by atoms with E-state index in [1.54, 1.807) is 0 Å². The van der Waals surface area contributed by atoms with Crippen LogP contribution < -0.4 is 5.32 Å². The Morgan fingerprint density at radius 1 is 1.11 bits per heavy atom. The van der Waals surface area contributed by atoms with Gasteiger partial charge in [-0.3, -0.25) is 4.98 Å². The fourth-order valence-corrected chi connectivity index (χ4v) is 2.04. The molecule has 1 aromatic heterocycles. The zero-order valence-corrected chi connectivity index (χ0v) is 11.3. The fraction of sp³-hybridized carbons (Fsp3) is 0.312. The number of aromatic nitrogens is 1. The molecule has 0 aliphatic carbocycles. The quantitative estimate of drug-likeness (QED) is 0.884. The van der Waals surface area contributed by atoms with Crippen LogP contribution in [-0.4, -0.2) is 4.98 Å². The van der Waals surface area contributed by atoms with Crippen LogP contribution in [0.25, 0.3) is 0 Å². The molecule has 0 unspecified atom stereocenters. The molecule has 2 heteroatoms. The van der Waals surface area contributed by atoms with Crippen LogP contribution in [0.5, 0.6) is 0 Å². The third kappa shape index (κ3) is 3.41. The van der Waals surface area contributed by atoms with Crippen LogP contribution in [0.4, 0.5) is 0 Å². The topological polar surface area (TPSA) is 24.9 Å². The highest BCUT2D eigenvalue weighted by atomic mass is 14.9. The predicted octanol–water partition coefficient (Wildman–Crippen LogP) is 3.55. The number of pyridine rings is 1. The SMILES string of the molecule is Cc1cncc(CN[C@@H](C)c2cccc(C)c2)c1. The van der Waals surface area contributed by atoms with Crippen molar-refractivity contribution >= 4 is 0 Å². The minimum atomic E-state index is 0.352. The van der Waals surface area contributed by atoms with Gasteiger partial charge in [-0.2, -0.15) is 0 Å². The smallest absolute Gasteiger partial charge is 0.0313 e. The highest BCUT2D eigenvalue weighted by Crippen LogP contribution is 2.14. The zero-order valence-electron chi connectivity index (χ0n) is 11.3. The number of aryl methyl sites for hydroxylation is 2. The van der Waals surface area contributed by atoms with Crippen molar-refractivity contribution < 1.29 is 0 Å². The van der Waals surface area contributed by atoms with Crippen LogP contribution in [0, 0.1) is 13.8 Å². The molecule has 0 saturated heterocycles. The van der Waals surface area contributed by atoms with Crippen molar-refractivity contribution in [3.63, 3.8) is 0 Å².